The van der Waals surface area contributed by atoms with Crippen molar-refractivity contribution in [3.05, 3.63) is 11.1 Å². The summed E-state index contributed by atoms with van der Waals surface area (Å²) in [6.07, 6.45) is -4.59. The molecule has 0 fully saturated rings. The maximum absolute atomic E-state index is 11.7. The van der Waals surface area contributed by atoms with Gasteiger partial charge in [-0.3, -0.25) is 0 Å². The highest BCUT2D eigenvalue weighted by molar-refractivity contribution is 5.06. The molecule has 0 unspecified atom stereocenters. The third-order valence-electron chi connectivity index (χ3n) is 1.64. The molecule has 0 aliphatic heterocycles. The molecule has 0 saturated heterocycles. The van der Waals surface area contributed by atoms with Gasteiger partial charge in [0.15, 0.2) is 0 Å². The number of allylic oxidation sites excluding steroid dienone is 2. The van der Waals surface area contributed by atoms with Crippen molar-refractivity contribution in [2.24, 2.45) is 0 Å². The number of halogens is 3. The van der Waals surface area contributed by atoms with Crippen molar-refractivity contribution in [1.29, 1.82) is 0 Å². The zero-order valence-corrected chi connectivity index (χ0v) is 7.05. The quantitative estimate of drug-likeness (QED) is 0.549. The summed E-state index contributed by atoms with van der Waals surface area (Å²) in [5.41, 5.74) is 1.82. The molecule has 0 aliphatic rings. The maximum atomic E-state index is 11.7. The smallest absolute Gasteiger partial charge is 0.171 e. The van der Waals surface area contributed by atoms with Crippen LogP contribution in [-0.2, 0) is 0 Å². The minimum atomic E-state index is -4.02. The van der Waals surface area contributed by atoms with Crippen molar-refractivity contribution in [3.8, 4) is 0 Å². The number of hydrogen-bond donors (Lipinski definition) is 0. The van der Waals surface area contributed by atoms with Gasteiger partial charge >= 0.3 is 6.18 Å². The Kier molecular flexibility index (Phi) is 3.63. The van der Waals surface area contributed by atoms with Gasteiger partial charge in [-0.05, 0) is 27.2 Å². The first kappa shape index (κ1) is 10.5. The van der Waals surface area contributed by atoms with Gasteiger partial charge in [0.2, 0.25) is 0 Å². The lowest BCUT2D eigenvalue weighted by Crippen LogP contribution is -2.06. The van der Waals surface area contributed by atoms with Crippen LogP contribution in [0.3, 0.4) is 0 Å². The highest BCUT2D eigenvalue weighted by atomic mass is 19.4. The predicted molar refractivity (Wildman–Crippen MR) is 39.3 cm³/mol. The van der Waals surface area contributed by atoms with E-state index < -0.39 is 12.6 Å². The lowest BCUT2D eigenvalue weighted by molar-refractivity contribution is -0.133. The van der Waals surface area contributed by atoms with Crippen molar-refractivity contribution in [2.45, 2.75) is 39.8 Å². The second-order valence-corrected chi connectivity index (χ2v) is 2.90. The van der Waals surface area contributed by atoms with E-state index in [0.717, 1.165) is 11.1 Å². The molecule has 0 aromatic rings. The van der Waals surface area contributed by atoms with Gasteiger partial charge in [-0.2, -0.15) is 13.2 Å². The zero-order chi connectivity index (χ0) is 9.07. The first-order chi connectivity index (χ1) is 4.83. The average Bonchev–Trinajstić information content (AvgIpc) is 1.80. The molecule has 0 atom stereocenters. The second-order valence-electron chi connectivity index (χ2n) is 2.90. The van der Waals surface area contributed by atoms with Crippen LogP contribution in [0, 0.1) is 0 Å². The molecule has 0 N–H and O–H groups in total. The van der Waals surface area contributed by atoms with Crippen LogP contribution >= 0.6 is 0 Å². The summed E-state index contributed by atoms with van der Waals surface area (Å²) >= 11 is 0. The molecule has 0 aromatic carbocycles. The zero-order valence-electron chi connectivity index (χ0n) is 7.05. The number of hydrogen-bond acceptors (Lipinski definition) is 0. The van der Waals surface area contributed by atoms with Gasteiger partial charge in [0.05, 0.1) is 0 Å². The summed E-state index contributed by atoms with van der Waals surface area (Å²) < 4.78 is 35.0. The summed E-state index contributed by atoms with van der Waals surface area (Å²) in [4.78, 5) is 0. The van der Waals surface area contributed by atoms with E-state index in [1.807, 2.05) is 13.8 Å². The highest BCUT2D eigenvalue weighted by Gasteiger charge is 2.26. The minimum absolute atomic E-state index is 0.131. The first-order valence-corrected chi connectivity index (χ1v) is 3.52. The van der Waals surface area contributed by atoms with Crippen LogP contribution in [0.15, 0.2) is 11.1 Å². The molecule has 0 nitrogen and oxygen atoms in total. The van der Waals surface area contributed by atoms with Crippen molar-refractivity contribution >= 4 is 0 Å². The lowest BCUT2D eigenvalue weighted by Gasteiger charge is -2.06. The Bertz CT molecular complexity index is 149. The fourth-order valence-corrected chi connectivity index (χ4v) is 0.579. The van der Waals surface area contributed by atoms with E-state index >= 15 is 0 Å². The lowest BCUT2D eigenvalue weighted by atomic mass is 10.1. The van der Waals surface area contributed by atoms with Crippen LogP contribution in [-0.4, -0.2) is 6.18 Å². The first-order valence-electron chi connectivity index (χ1n) is 3.52. The normalized spacial score (nSPS) is 11.5. The Morgan fingerprint density at radius 1 is 1.09 bits per heavy atom. The maximum Gasteiger partial charge on any atom is 0.389 e. The van der Waals surface area contributed by atoms with E-state index in [2.05, 4.69) is 0 Å². The Hall–Kier alpha value is -0.470. The summed E-state index contributed by atoms with van der Waals surface area (Å²) in [6, 6.07) is 0. The number of alkyl halides is 3. The largest absolute Gasteiger partial charge is 0.389 e. The Morgan fingerprint density at radius 2 is 1.55 bits per heavy atom. The monoisotopic (exact) mass is 166 g/mol. The summed E-state index contributed by atoms with van der Waals surface area (Å²) in [5.74, 6) is 0. The third kappa shape index (κ3) is 5.95. The van der Waals surface area contributed by atoms with Crippen LogP contribution in [0.1, 0.15) is 33.6 Å². The van der Waals surface area contributed by atoms with Crippen molar-refractivity contribution in [1.82, 2.24) is 0 Å². The molecule has 11 heavy (non-hydrogen) atoms. The summed E-state index contributed by atoms with van der Waals surface area (Å²) in [7, 11) is 0. The Labute approximate surface area is 65.1 Å². The molecule has 0 rings (SSSR count). The summed E-state index contributed by atoms with van der Waals surface area (Å²) in [5, 5.41) is 0. The highest BCUT2D eigenvalue weighted by Crippen LogP contribution is 2.24. The van der Waals surface area contributed by atoms with E-state index in [0.29, 0.717) is 0 Å². The molecule has 66 valence electrons. The fourth-order valence-electron chi connectivity index (χ4n) is 0.579. The number of rotatable bonds is 2. The van der Waals surface area contributed by atoms with Gasteiger partial charge < -0.3 is 0 Å². The van der Waals surface area contributed by atoms with Crippen LogP contribution in [0.25, 0.3) is 0 Å². The molecule has 0 bridgehead atoms. The molecule has 0 radical (unpaired) electrons. The molecule has 3 heteroatoms. The molecule has 0 aromatic heterocycles. The van der Waals surface area contributed by atoms with E-state index in [4.69, 9.17) is 0 Å². The van der Waals surface area contributed by atoms with Gasteiger partial charge in [0.25, 0.3) is 0 Å². The molecular weight excluding hydrogens is 153 g/mol. The van der Waals surface area contributed by atoms with Crippen LogP contribution in [0.2, 0.25) is 0 Å². The van der Waals surface area contributed by atoms with E-state index in [-0.39, 0.29) is 6.42 Å². The Balaban J connectivity index is 3.82. The van der Waals surface area contributed by atoms with Crippen LogP contribution < -0.4 is 0 Å². The van der Waals surface area contributed by atoms with Crippen molar-refractivity contribution in [3.63, 3.8) is 0 Å². The second kappa shape index (κ2) is 3.79. The standard InChI is InChI=1S/C8H13F3/c1-6(2)7(3)4-5-8(9,10)11/h4-5H2,1-3H3. The molecule has 0 heterocycles. The van der Waals surface area contributed by atoms with E-state index in [9.17, 15) is 13.2 Å². The van der Waals surface area contributed by atoms with Crippen LogP contribution in [0.4, 0.5) is 13.2 Å². The molecule has 0 amide bonds. The van der Waals surface area contributed by atoms with Gasteiger partial charge in [0, 0.05) is 6.42 Å². The molecule has 0 spiro atoms. The SMILES string of the molecule is CC(C)=C(C)CCC(F)(F)F. The van der Waals surface area contributed by atoms with Gasteiger partial charge in [0.1, 0.15) is 0 Å². The molecular formula is C8H13F3. The fraction of sp³-hybridized carbons (Fsp3) is 0.750. The van der Waals surface area contributed by atoms with Crippen molar-refractivity contribution in [2.75, 3.05) is 0 Å². The molecule has 0 saturated carbocycles. The minimum Gasteiger partial charge on any atom is -0.171 e. The van der Waals surface area contributed by atoms with Gasteiger partial charge in [-0.1, -0.05) is 11.1 Å². The molecule has 0 aliphatic carbocycles. The predicted octanol–water partition coefficient (Wildman–Crippen LogP) is 3.69. The Morgan fingerprint density at radius 3 is 1.82 bits per heavy atom. The van der Waals surface area contributed by atoms with Crippen LogP contribution in [0.5, 0.6) is 0 Å². The van der Waals surface area contributed by atoms with Gasteiger partial charge in [-0.25, -0.2) is 0 Å². The third-order valence-corrected chi connectivity index (χ3v) is 1.64. The van der Waals surface area contributed by atoms with Crippen molar-refractivity contribution < 1.29 is 13.2 Å². The average molecular weight is 166 g/mol. The van der Waals surface area contributed by atoms with Gasteiger partial charge in [-0.15, -0.1) is 0 Å². The topological polar surface area (TPSA) is 0 Å². The summed E-state index contributed by atoms with van der Waals surface area (Å²) in [6.45, 7) is 5.39. The van der Waals surface area contributed by atoms with E-state index in [1.54, 1.807) is 6.92 Å². The van der Waals surface area contributed by atoms with E-state index in [1.165, 1.54) is 0 Å².